The molecule has 1 heterocycles. The Kier molecular flexibility index (Phi) is 4.16. The number of nitrogens with zero attached hydrogens (tertiary/aromatic N) is 3. The Hall–Kier alpha value is -1.89. The highest BCUT2D eigenvalue weighted by atomic mass is 79.9. The normalized spacial score (nSPS) is 10.4. The van der Waals surface area contributed by atoms with E-state index in [2.05, 4.69) is 31.6 Å². The van der Waals surface area contributed by atoms with E-state index in [1.54, 1.807) is 10.9 Å². The highest BCUT2D eigenvalue weighted by Crippen LogP contribution is 2.21. The molecule has 6 nitrogen and oxygen atoms in total. The molecule has 2 amide bonds. The fourth-order valence-corrected chi connectivity index (χ4v) is 2.07. The molecule has 0 saturated heterocycles. The summed E-state index contributed by atoms with van der Waals surface area (Å²) in [5.74, 6) is 0. The Bertz CT molecular complexity index is 596. The van der Waals surface area contributed by atoms with Gasteiger partial charge in [-0.25, -0.2) is 9.48 Å². The molecule has 1 aromatic heterocycles. The van der Waals surface area contributed by atoms with Crippen molar-refractivity contribution in [2.75, 3.05) is 0 Å². The lowest BCUT2D eigenvalue weighted by Crippen LogP contribution is -2.28. The molecule has 0 bridgehead atoms. The molecule has 100 valence electrons. The van der Waals surface area contributed by atoms with Crippen LogP contribution in [0.15, 0.2) is 28.9 Å². The number of amides is 2. The van der Waals surface area contributed by atoms with Gasteiger partial charge in [-0.3, -0.25) is 0 Å². The minimum absolute atomic E-state index is 0.282. The van der Waals surface area contributed by atoms with Gasteiger partial charge in [-0.1, -0.05) is 39.3 Å². The molecule has 2 aromatic rings. The van der Waals surface area contributed by atoms with E-state index in [1.807, 2.05) is 25.1 Å². The number of rotatable bonds is 4. The van der Waals surface area contributed by atoms with Gasteiger partial charge in [-0.05, 0) is 18.1 Å². The number of nitrogens with two attached hydrogens (primary N) is 1. The van der Waals surface area contributed by atoms with E-state index in [1.165, 1.54) is 5.56 Å². The maximum Gasteiger partial charge on any atom is 0.312 e. The minimum atomic E-state index is -0.573. The Morgan fingerprint density at radius 2 is 2.32 bits per heavy atom. The zero-order valence-corrected chi connectivity index (χ0v) is 12.0. The summed E-state index contributed by atoms with van der Waals surface area (Å²) in [6.07, 6.45) is 1.78. The van der Waals surface area contributed by atoms with Gasteiger partial charge in [0.25, 0.3) is 0 Å². The first-order valence-corrected chi connectivity index (χ1v) is 6.52. The number of halogens is 1. The van der Waals surface area contributed by atoms with Crippen molar-refractivity contribution in [3.05, 3.63) is 45.7 Å². The zero-order chi connectivity index (χ0) is 13.8. The lowest BCUT2D eigenvalue weighted by Gasteiger charge is -2.06. The van der Waals surface area contributed by atoms with Crippen LogP contribution in [-0.2, 0) is 13.1 Å². The first-order chi connectivity index (χ1) is 9.06. The smallest absolute Gasteiger partial charge is 0.312 e. The lowest BCUT2D eigenvalue weighted by molar-refractivity contribution is 0.248. The summed E-state index contributed by atoms with van der Waals surface area (Å²) in [7, 11) is 0. The van der Waals surface area contributed by atoms with Crippen molar-refractivity contribution >= 4 is 22.0 Å². The molecule has 0 saturated carbocycles. The number of hydrogen-bond acceptors (Lipinski definition) is 3. The minimum Gasteiger partial charge on any atom is -0.352 e. The fraction of sp³-hybridized carbons (Fsp3) is 0.250. The number of aryl methyl sites for hydroxylation is 1. The predicted octanol–water partition coefficient (Wildman–Crippen LogP) is 1.57. The van der Waals surface area contributed by atoms with Crippen LogP contribution in [0, 0.1) is 6.92 Å². The van der Waals surface area contributed by atoms with Crippen LogP contribution < -0.4 is 11.1 Å². The molecule has 0 radical (unpaired) electrons. The molecular weight excluding hydrogens is 310 g/mol. The van der Waals surface area contributed by atoms with Gasteiger partial charge >= 0.3 is 6.03 Å². The molecule has 19 heavy (non-hydrogen) atoms. The molecule has 2 rings (SSSR count). The van der Waals surface area contributed by atoms with Crippen LogP contribution in [-0.4, -0.2) is 21.0 Å². The van der Waals surface area contributed by atoms with E-state index >= 15 is 0 Å². The third-order valence-electron chi connectivity index (χ3n) is 2.63. The topological polar surface area (TPSA) is 85.8 Å². The Labute approximate surface area is 119 Å². The van der Waals surface area contributed by atoms with Crippen molar-refractivity contribution in [3.8, 4) is 0 Å². The van der Waals surface area contributed by atoms with E-state index in [-0.39, 0.29) is 6.54 Å². The van der Waals surface area contributed by atoms with Crippen molar-refractivity contribution < 1.29 is 4.79 Å². The van der Waals surface area contributed by atoms with Crippen molar-refractivity contribution in [1.82, 2.24) is 20.3 Å². The van der Waals surface area contributed by atoms with Gasteiger partial charge in [0.05, 0.1) is 19.3 Å². The van der Waals surface area contributed by atoms with Crippen LogP contribution >= 0.6 is 15.9 Å². The fourth-order valence-electron chi connectivity index (χ4n) is 1.68. The maximum absolute atomic E-state index is 10.6. The standard InChI is InChI=1S/C12H14BrN5O/c1-8-3-2-4-9(11(8)13)6-18-7-10(16-17-18)5-15-12(14)19/h2-4,7H,5-6H2,1H3,(H3,14,15,19). The summed E-state index contributed by atoms with van der Waals surface area (Å²) in [4.78, 5) is 10.6. The lowest BCUT2D eigenvalue weighted by atomic mass is 10.1. The van der Waals surface area contributed by atoms with Gasteiger partial charge < -0.3 is 11.1 Å². The molecular formula is C12H14BrN5O. The van der Waals surface area contributed by atoms with Crippen LogP contribution in [0.3, 0.4) is 0 Å². The van der Waals surface area contributed by atoms with Crippen LogP contribution in [0.4, 0.5) is 4.79 Å². The largest absolute Gasteiger partial charge is 0.352 e. The van der Waals surface area contributed by atoms with Crippen molar-refractivity contribution in [2.24, 2.45) is 5.73 Å². The van der Waals surface area contributed by atoms with E-state index in [0.717, 1.165) is 10.0 Å². The highest BCUT2D eigenvalue weighted by Gasteiger charge is 2.06. The van der Waals surface area contributed by atoms with Crippen LogP contribution in [0.5, 0.6) is 0 Å². The second-order valence-electron chi connectivity index (χ2n) is 4.17. The number of urea groups is 1. The van der Waals surface area contributed by atoms with Gasteiger partial charge in [-0.15, -0.1) is 5.10 Å². The second kappa shape index (κ2) is 5.83. The summed E-state index contributed by atoms with van der Waals surface area (Å²) in [6.45, 7) is 2.94. The van der Waals surface area contributed by atoms with Gasteiger partial charge in [0.1, 0.15) is 5.69 Å². The summed E-state index contributed by atoms with van der Waals surface area (Å²) in [6, 6.07) is 5.50. The highest BCUT2D eigenvalue weighted by molar-refractivity contribution is 9.10. The number of hydrogen-bond donors (Lipinski definition) is 2. The number of aromatic nitrogens is 3. The Balaban J connectivity index is 2.07. The predicted molar refractivity (Wildman–Crippen MR) is 74.4 cm³/mol. The van der Waals surface area contributed by atoms with Crippen LogP contribution in [0.25, 0.3) is 0 Å². The summed E-state index contributed by atoms with van der Waals surface area (Å²) < 4.78 is 2.79. The average Bonchev–Trinajstić information content (AvgIpc) is 2.80. The summed E-state index contributed by atoms with van der Waals surface area (Å²) in [5.41, 5.74) is 7.96. The van der Waals surface area contributed by atoms with E-state index in [0.29, 0.717) is 12.2 Å². The first kappa shape index (κ1) is 13.5. The van der Waals surface area contributed by atoms with E-state index < -0.39 is 6.03 Å². The maximum atomic E-state index is 10.6. The molecule has 0 spiro atoms. The van der Waals surface area contributed by atoms with Crippen molar-refractivity contribution in [2.45, 2.75) is 20.0 Å². The van der Waals surface area contributed by atoms with E-state index in [9.17, 15) is 4.79 Å². The van der Waals surface area contributed by atoms with Gasteiger partial charge in [0, 0.05) is 4.47 Å². The Morgan fingerprint density at radius 1 is 1.53 bits per heavy atom. The third-order valence-corrected chi connectivity index (χ3v) is 3.77. The van der Waals surface area contributed by atoms with Crippen molar-refractivity contribution in [3.63, 3.8) is 0 Å². The monoisotopic (exact) mass is 323 g/mol. The quantitative estimate of drug-likeness (QED) is 0.895. The molecule has 0 atom stereocenters. The summed E-state index contributed by atoms with van der Waals surface area (Å²) >= 11 is 3.56. The number of benzene rings is 1. The van der Waals surface area contributed by atoms with Gasteiger partial charge in [0.2, 0.25) is 0 Å². The summed E-state index contributed by atoms with van der Waals surface area (Å²) in [5, 5.41) is 10.5. The Morgan fingerprint density at radius 3 is 3.05 bits per heavy atom. The van der Waals surface area contributed by atoms with Crippen LogP contribution in [0.1, 0.15) is 16.8 Å². The molecule has 3 N–H and O–H groups in total. The second-order valence-corrected chi connectivity index (χ2v) is 4.97. The first-order valence-electron chi connectivity index (χ1n) is 5.72. The van der Waals surface area contributed by atoms with E-state index in [4.69, 9.17) is 5.73 Å². The molecule has 0 aliphatic rings. The van der Waals surface area contributed by atoms with Crippen molar-refractivity contribution in [1.29, 1.82) is 0 Å². The molecule has 0 aliphatic heterocycles. The van der Waals surface area contributed by atoms with Gasteiger partial charge in [0.15, 0.2) is 0 Å². The number of carbonyl (C=O) groups excluding carboxylic acids is 1. The SMILES string of the molecule is Cc1cccc(Cn2cc(CNC(N)=O)nn2)c1Br. The number of nitrogens with one attached hydrogen (secondary N) is 1. The molecule has 0 aliphatic carbocycles. The molecule has 0 fully saturated rings. The third kappa shape index (κ3) is 3.54. The average molecular weight is 324 g/mol. The molecule has 1 aromatic carbocycles. The van der Waals surface area contributed by atoms with Crippen LogP contribution in [0.2, 0.25) is 0 Å². The molecule has 0 unspecified atom stereocenters. The zero-order valence-electron chi connectivity index (χ0n) is 10.4. The molecule has 7 heteroatoms. The number of primary amides is 1. The number of carbonyl (C=O) groups is 1. The van der Waals surface area contributed by atoms with Gasteiger partial charge in [-0.2, -0.15) is 0 Å².